The van der Waals surface area contributed by atoms with Gasteiger partial charge in [0.05, 0.1) is 33.1 Å². The first-order chi connectivity index (χ1) is 29.6. The molecule has 0 aromatic heterocycles. The molecule has 7 aromatic carbocycles. The topological polar surface area (TPSA) is 373 Å². The van der Waals surface area contributed by atoms with Crippen molar-refractivity contribution in [1.82, 2.24) is 0 Å². The Kier molecular flexibility index (Phi) is 11.2. The number of nitrogens with zero attached hydrogens (tertiary/aromatic N) is 7. The molecule has 22 nitrogen and oxygen atoms in total. The third-order valence-corrected chi connectivity index (χ3v) is 11.7. The molecule has 0 amide bonds. The number of nitrogens with two attached hydrogens (primary N) is 2. The van der Waals surface area contributed by atoms with Gasteiger partial charge in [-0.1, -0.05) is 36.4 Å². The first-order valence-electron chi connectivity index (χ1n) is 17.4. The number of aromatic hydroxyl groups is 2. The number of nitro groups is 1. The van der Waals surface area contributed by atoms with E-state index in [1.807, 2.05) is 0 Å². The number of fused-ring (bicyclic) bond motifs is 2. The van der Waals surface area contributed by atoms with Crippen LogP contribution in [-0.4, -0.2) is 54.0 Å². The van der Waals surface area contributed by atoms with E-state index in [0.717, 1.165) is 24.3 Å². The number of benzene rings is 7. The van der Waals surface area contributed by atoms with Gasteiger partial charge in [0.2, 0.25) is 0 Å². The summed E-state index contributed by atoms with van der Waals surface area (Å²) in [4.78, 5) is 7.79. The largest absolute Gasteiger partial charge is 0.505 e. The van der Waals surface area contributed by atoms with Gasteiger partial charge in [-0.05, 0) is 82.6 Å². The van der Waals surface area contributed by atoms with E-state index in [-0.39, 0.29) is 39.2 Å². The number of rotatable bonds is 11. The fraction of sp³-hybridized carbons (Fsp3) is 0. The average molecular weight is 914 g/mol. The number of hydrogen-bond donors (Lipinski definition) is 7. The van der Waals surface area contributed by atoms with Gasteiger partial charge < -0.3 is 21.7 Å². The number of nitrogen functional groups attached to an aromatic ring is 2. The van der Waals surface area contributed by atoms with Crippen LogP contribution in [0.2, 0.25) is 0 Å². The van der Waals surface area contributed by atoms with Crippen molar-refractivity contribution in [2.24, 2.45) is 30.7 Å². The van der Waals surface area contributed by atoms with Gasteiger partial charge in [-0.25, -0.2) is 0 Å². The summed E-state index contributed by atoms with van der Waals surface area (Å²) >= 11 is 0. The van der Waals surface area contributed by atoms with Gasteiger partial charge in [0.25, 0.3) is 36.0 Å². The zero-order valence-corrected chi connectivity index (χ0v) is 33.9. The Morgan fingerprint density at radius 1 is 0.508 bits per heavy atom. The molecule has 0 bridgehead atoms. The Bertz CT molecular complexity index is 3490. The minimum Gasteiger partial charge on any atom is -0.505 e. The summed E-state index contributed by atoms with van der Waals surface area (Å²) in [5.41, 5.74) is 10.7. The van der Waals surface area contributed by atoms with Crippen LogP contribution in [0.1, 0.15) is 0 Å². The van der Waals surface area contributed by atoms with Gasteiger partial charge in [0.1, 0.15) is 31.7 Å². The Morgan fingerprint density at radius 3 is 1.48 bits per heavy atom. The Labute approximate surface area is 354 Å². The molecule has 0 saturated heterocycles. The molecule has 0 aliphatic heterocycles. The second-order valence-electron chi connectivity index (χ2n) is 13.3. The van der Waals surface area contributed by atoms with Crippen molar-refractivity contribution in [2.75, 3.05) is 11.5 Å². The molecule has 0 radical (unpaired) electrons. The second kappa shape index (κ2) is 16.2. The lowest BCUT2D eigenvalue weighted by Gasteiger charge is -2.14. The summed E-state index contributed by atoms with van der Waals surface area (Å²) in [5.74, 6) is -1.57. The van der Waals surface area contributed by atoms with Crippen LogP contribution >= 0.6 is 0 Å². The standard InChI is InChI=1S/C38H27N9O13S3/c39-23-9-4-21-14-30(62(55,56)57)35(37(48)28(21)17-23)45-41-24-10-5-19(6-11-24)20-7-12-25(13-8-20)42-46-36-31(63(58,59)60)16-22-15-29(61(52,53)54)34(33(40)32(22)38(36)49)44-43-26-2-1-3-27(18-26)47(50)51/h1-18,48-49H,39-40H2,(H,52,53,54)(H,55,56,57)(H,58,59,60). The number of azo groups is 3. The van der Waals surface area contributed by atoms with Crippen LogP contribution < -0.4 is 11.5 Å². The number of nitro benzene ring substituents is 1. The molecule has 25 heteroatoms. The second-order valence-corrected chi connectivity index (χ2v) is 17.4. The Hall–Kier alpha value is -7.81. The van der Waals surface area contributed by atoms with Crippen molar-refractivity contribution in [3.63, 3.8) is 0 Å². The predicted molar refractivity (Wildman–Crippen MR) is 227 cm³/mol. The Morgan fingerprint density at radius 2 is 0.968 bits per heavy atom. The van der Waals surface area contributed by atoms with E-state index in [0.29, 0.717) is 17.2 Å². The van der Waals surface area contributed by atoms with E-state index in [1.54, 1.807) is 24.3 Å². The Balaban J connectivity index is 1.20. The van der Waals surface area contributed by atoms with E-state index in [2.05, 4.69) is 30.7 Å². The van der Waals surface area contributed by atoms with Crippen LogP contribution in [0.25, 0.3) is 32.7 Å². The van der Waals surface area contributed by atoms with Gasteiger partial charge in [-0.15, -0.1) is 15.3 Å². The summed E-state index contributed by atoms with van der Waals surface area (Å²) in [6.07, 6.45) is 0. The molecular formula is C38H27N9O13S3. The van der Waals surface area contributed by atoms with Crippen molar-refractivity contribution in [3.8, 4) is 22.6 Å². The third kappa shape index (κ3) is 8.98. The van der Waals surface area contributed by atoms with Crippen LogP contribution in [0.4, 0.5) is 51.2 Å². The van der Waals surface area contributed by atoms with Crippen LogP contribution in [0.5, 0.6) is 11.5 Å². The molecule has 0 heterocycles. The molecule has 9 N–H and O–H groups in total. The highest BCUT2D eigenvalue weighted by Gasteiger charge is 2.28. The lowest BCUT2D eigenvalue weighted by atomic mass is 10.0. The lowest BCUT2D eigenvalue weighted by molar-refractivity contribution is -0.384. The van der Waals surface area contributed by atoms with Gasteiger partial charge in [0, 0.05) is 23.2 Å². The lowest BCUT2D eigenvalue weighted by Crippen LogP contribution is -2.03. The SMILES string of the molecule is Nc1ccc2cc(S(=O)(=O)O)c(N=Nc3ccc(-c4ccc(N=Nc5c(S(=O)(=O)O)cc6cc(S(=O)(=O)O)c(N=Nc7cccc([N+](=O)[O-])c7)c(N)c6c5O)cc4)cc3)c(O)c2c1. The van der Waals surface area contributed by atoms with Crippen molar-refractivity contribution < 1.29 is 54.0 Å². The molecule has 0 fully saturated rings. The molecule has 0 unspecified atom stereocenters. The normalized spacial score (nSPS) is 12.6. The number of non-ortho nitro benzene ring substituents is 1. The third-order valence-electron chi connectivity index (χ3n) is 9.13. The highest BCUT2D eigenvalue weighted by Crippen LogP contribution is 2.49. The van der Waals surface area contributed by atoms with Crippen molar-refractivity contribution >= 4 is 103 Å². The highest BCUT2D eigenvalue weighted by molar-refractivity contribution is 7.86. The summed E-state index contributed by atoms with van der Waals surface area (Å²) in [7, 11) is -15.2. The molecule has 0 atom stereocenters. The number of phenols is 2. The highest BCUT2D eigenvalue weighted by atomic mass is 32.2. The van der Waals surface area contributed by atoms with Gasteiger partial charge >= 0.3 is 0 Å². The van der Waals surface area contributed by atoms with E-state index in [4.69, 9.17) is 11.5 Å². The average Bonchev–Trinajstić information content (AvgIpc) is 3.22. The molecule has 0 aliphatic carbocycles. The molecule has 0 saturated carbocycles. The maximum atomic E-state index is 12.5. The first kappa shape index (κ1) is 43.3. The van der Waals surface area contributed by atoms with Crippen LogP contribution in [0, 0.1) is 10.1 Å². The van der Waals surface area contributed by atoms with Gasteiger partial charge in [0.15, 0.2) is 11.5 Å². The van der Waals surface area contributed by atoms with Crippen molar-refractivity contribution in [2.45, 2.75) is 14.7 Å². The smallest absolute Gasteiger partial charge is 0.296 e. The fourth-order valence-corrected chi connectivity index (χ4v) is 8.18. The fourth-order valence-electron chi connectivity index (χ4n) is 6.19. The van der Waals surface area contributed by atoms with Gasteiger partial charge in [-0.2, -0.15) is 40.6 Å². The molecule has 320 valence electrons. The maximum Gasteiger partial charge on any atom is 0.296 e. The predicted octanol–water partition coefficient (Wildman–Crippen LogP) is 9.13. The van der Waals surface area contributed by atoms with E-state index >= 15 is 0 Å². The van der Waals surface area contributed by atoms with Crippen LogP contribution in [0.15, 0.2) is 155 Å². The molecule has 7 rings (SSSR count). The summed E-state index contributed by atoms with van der Waals surface area (Å²) in [6.45, 7) is 0. The number of phenolic OH excluding ortho intramolecular Hbond substituents is 2. The van der Waals surface area contributed by atoms with E-state index < -0.39 is 95.0 Å². The minimum atomic E-state index is -5.20. The zero-order valence-electron chi connectivity index (χ0n) is 31.4. The monoisotopic (exact) mass is 913 g/mol. The van der Waals surface area contributed by atoms with Gasteiger partial charge in [-0.3, -0.25) is 23.8 Å². The summed E-state index contributed by atoms with van der Waals surface area (Å²) < 4.78 is 104. The zero-order chi connectivity index (χ0) is 45.6. The first-order valence-corrected chi connectivity index (χ1v) is 21.7. The molecule has 0 spiro atoms. The van der Waals surface area contributed by atoms with E-state index in [9.17, 15) is 59.2 Å². The quantitative estimate of drug-likeness (QED) is 0.0209. The summed E-state index contributed by atoms with van der Waals surface area (Å²) in [5, 5.41) is 56.3. The van der Waals surface area contributed by atoms with Crippen molar-refractivity contribution in [3.05, 3.63) is 119 Å². The maximum absolute atomic E-state index is 12.5. The molecule has 63 heavy (non-hydrogen) atoms. The van der Waals surface area contributed by atoms with E-state index in [1.165, 1.54) is 54.6 Å². The molecule has 7 aromatic rings. The number of hydrogen-bond acceptors (Lipinski definition) is 18. The number of anilines is 2. The molecule has 0 aliphatic rings. The minimum absolute atomic E-state index is 0.109. The van der Waals surface area contributed by atoms with Crippen LogP contribution in [-0.2, 0) is 30.4 Å². The summed E-state index contributed by atoms with van der Waals surface area (Å²) in [6, 6.07) is 24.1. The molecular weight excluding hydrogens is 887 g/mol. The van der Waals surface area contributed by atoms with Crippen LogP contribution in [0.3, 0.4) is 0 Å². The van der Waals surface area contributed by atoms with Crippen molar-refractivity contribution in [1.29, 1.82) is 0 Å².